The third-order valence-corrected chi connectivity index (χ3v) is 5.82. The molecule has 2 N–H and O–H groups in total. The van der Waals surface area contributed by atoms with E-state index in [2.05, 4.69) is 15.0 Å². The second-order valence-electron chi connectivity index (χ2n) is 6.94. The molecule has 0 unspecified atom stereocenters. The molecule has 9 heteroatoms. The van der Waals surface area contributed by atoms with Crippen LogP contribution in [-0.2, 0) is 16.6 Å². The zero-order valence-electron chi connectivity index (χ0n) is 17.1. The Labute approximate surface area is 181 Å². The Balaban J connectivity index is 1.61. The highest BCUT2D eigenvalue weighted by molar-refractivity contribution is 7.92. The molecule has 2 aromatic carbocycles. The number of anilines is 1. The molecule has 0 bridgehead atoms. The van der Waals surface area contributed by atoms with Crippen molar-refractivity contribution in [3.63, 3.8) is 0 Å². The summed E-state index contributed by atoms with van der Waals surface area (Å²) >= 11 is 0. The van der Waals surface area contributed by atoms with Crippen molar-refractivity contribution in [3.8, 4) is 0 Å². The van der Waals surface area contributed by atoms with Gasteiger partial charge in [0.1, 0.15) is 0 Å². The Morgan fingerprint density at radius 3 is 2.03 bits per heavy atom. The number of nitrogens with zero attached hydrogens (tertiary/aromatic N) is 2. The molecule has 160 valence electrons. The van der Waals surface area contributed by atoms with E-state index in [9.17, 15) is 18.0 Å². The summed E-state index contributed by atoms with van der Waals surface area (Å²) in [7, 11) is -0.403. The topological polar surface area (TPSA) is 108 Å². The minimum absolute atomic E-state index is 0.0435. The van der Waals surface area contributed by atoms with E-state index >= 15 is 0 Å². The lowest BCUT2D eigenvalue weighted by atomic mass is 10.1. The Morgan fingerprint density at radius 1 is 0.871 bits per heavy atom. The molecule has 0 fully saturated rings. The van der Waals surface area contributed by atoms with Gasteiger partial charge < -0.3 is 10.2 Å². The first-order valence-electron chi connectivity index (χ1n) is 9.38. The molecule has 0 radical (unpaired) electrons. The first-order valence-corrected chi connectivity index (χ1v) is 10.9. The lowest BCUT2D eigenvalue weighted by molar-refractivity contribution is 0.0827. The van der Waals surface area contributed by atoms with Crippen LogP contribution in [0.2, 0.25) is 0 Å². The molecule has 0 spiro atoms. The average Bonchev–Trinajstić information content (AvgIpc) is 2.77. The van der Waals surface area contributed by atoms with Gasteiger partial charge in [0.05, 0.1) is 10.6 Å². The van der Waals surface area contributed by atoms with Gasteiger partial charge in [-0.2, -0.15) is 0 Å². The van der Waals surface area contributed by atoms with Crippen molar-refractivity contribution in [3.05, 3.63) is 89.7 Å². The van der Waals surface area contributed by atoms with Gasteiger partial charge in [-0.1, -0.05) is 12.1 Å². The Hall–Kier alpha value is -3.72. The summed E-state index contributed by atoms with van der Waals surface area (Å²) in [5, 5.41) is 2.78. The number of pyridine rings is 1. The number of sulfonamides is 1. The van der Waals surface area contributed by atoms with Crippen molar-refractivity contribution < 1.29 is 18.0 Å². The highest BCUT2D eigenvalue weighted by Gasteiger charge is 2.15. The Kier molecular flexibility index (Phi) is 6.66. The normalized spacial score (nSPS) is 10.9. The van der Waals surface area contributed by atoms with Crippen LogP contribution >= 0.6 is 0 Å². The van der Waals surface area contributed by atoms with Crippen LogP contribution in [0.1, 0.15) is 26.3 Å². The summed E-state index contributed by atoms with van der Waals surface area (Å²) < 4.78 is 27.4. The molecule has 0 atom stereocenters. The molecular weight excluding hydrogens is 416 g/mol. The number of carbonyl (C=O) groups is 2. The highest BCUT2D eigenvalue weighted by atomic mass is 32.2. The van der Waals surface area contributed by atoms with Crippen molar-refractivity contribution >= 4 is 27.5 Å². The largest absolute Gasteiger partial charge is 0.348 e. The summed E-state index contributed by atoms with van der Waals surface area (Å²) in [5.74, 6) is -0.427. The van der Waals surface area contributed by atoms with Crippen molar-refractivity contribution in [1.82, 2.24) is 15.2 Å². The van der Waals surface area contributed by atoms with Gasteiger partial charge in [-0.3, -0.25) is 19.3 Å². The second-order valence-corrected chi connectivity index (χ2v) is 8.63. The summed E-state index contributed by atoms with van der Waals surface area (Å²) in [4.78, 5) is 29.7. The SMILES string of the molecule is CN(C)C(=O)c1ccc(CNC(=O)c2ccc(S(=O)(=O)Nc3ccncc3)cc2)cc1. The fourth-order valence-electron chi connectivity index (χ4n) is 2.73. The van der Waals surface area contributed by atoms with Gasteiger partial charge in [0.25, 0.3) is 21.8 Å². The minimum Gasteiger partial charge on any atom is -0.348 e. The Bertz CT molecular complexity index is 1160. The fraction of sp³-hybridized carbons (Fsp3) is 0.136. The van der Waals surface area contributed by atoms with Crippen LogP contribution in [0.4, 0.5) is 5.69 Å². The average molecular weight is 439 g/mol. The number of carbonyl (C=O) groups excluding carboxylic acids is 2. The van der Waals surface area contributed by atoms with E-state index in [1.54, 1.807) is 50.5 Å². The fourth-order valence-corrected chi connectivity index (χ4v) is 3.79. The van der Waals surface area contributed by atoms with E-state index in [1.807, 2.05) is 0 Å². The number of hydrogen-bond acceptors (Lipinski definition) is 5. The Morgan fingerprint density at radius 2 is 1.45 bits per heavy atom. The number of nitrogens with one attached hydrogen (secondary N) is 2. The standard InChI is InChI=1S/C22H22N4O4S/c1-26(2)22(28)18-5-3-16(4-6-18)15-24-21(27)17-7-9-20(10-8-17)31(29,30)25-19-11-13-23-14-12-19/h3-14H,15H2,1-2H3,(H,23,25)(H,24,27). The molecule has 1 aromatic heterocycles. The first-order chi connectivity index (χ1) is 14.8. The summed E-state index contributed by atoms with van der Waals surface area (Å²) in [6, 6.07) is 15.7. The van der Waals surface area contributed by atoms with Gasteiger partial charge in [-0.05, 0) is 54.1 Å². The van der Waals surface area contributed by atoms with E-state index in [-0.39, 0.29) is 23.3 Å². The molecule has 8 nitrogen and oxygen atoms in total. The number of aromatic nitrogens is 1. The highest BCUT2D eigenvalue weighted by Crippen LogP contribution is 2.16. The van der Waals surface area contributed by atoms with Crippen LogP contribution < -0.4 is 10.0 Å². The maximum atomic E-state index is 12.5. The van der Waals surface area contributed by atoms with E-state index in [0.29, 0.717) is 16.8 Å². The molecule has 2 amide bonds. The van der Waals surface area contributed by atoms with Gasteiger partial charge >= 0.3 is 0 Å². The molecule has 0 aliphatic rings. The molecular formula is C22H22N4O4S. The van der Waals surface area contributed by atoms with Gasteiger partial charge in [0.2, 0.25) is 0 Å². The lowest BCUT2D eigenvalue weighted by Gasteiger charge is -2.11. The molecule has 3 aromatic rings. The van der Waals surface area contributed by atoms with E-state index < -0.39 is 10.0 Å². The number of hydrogen-bond donors (Lipinski definition) is 2. The van der Waals surface area contributed by atoms with Crippen LogP contribution in [0.25, 0.3) is 0 Å². The smallest absolute Gasteiger partial charge is 0.261 e. The van der Waals surface area contributed by atoms with Gasteiger partial charge in [0.15, 0.2) is 0 Å². The van der Waals surface area contributed by atoms with Crippen molar-refractivity contribution in [2.24, 2.45) is 0 Å². The van der Waals surface area contributed by atoms with E-state index in [4.69, 9.17) is 0 Å². The van der Waals surface area contributed by atoms with Gasteiger partial charge in [-0.25, -0.2) is 8.42 Å². The molecule has 0 saturated heterocycles. The molecule has 0 aliphatic carbocycles. The third kappa shape index (κ3) is 5.67. The van der Waals surface area contributed by atoms with Crippen LogP contribution in [0.15, 0.2) is 78.0 Å². The van der Waals surface area contributed by atoms with E-state index in [1.165, 1.54) is 41.6 Å². The predicted octanol–water partition coefficient (Wildman–Crippen LogP) is 2.51. The van der Waals surface area contributed by atoms with Crippen LogP contribution in [0.3, 0.4) is 0 Å². The van der Waals surface area contributed by atoms with Crippen molar-refractivity contribution in [2.75, 3.05) is 18.8 Å². The van der Waals surface area contributed by atoms with Crippen LogP contribution in [0.5, 0.6) is 0 Å². The van der Waals surface area contributed by atoms with Crippen LogP contribution in [-0.4, -0.2) is 44.2 Å². The van der Waals surface area contributed by atoms with Gasteiger partial charge in [-0.15, -0.1) is 0 Å². The quantitative estimate of drug-likeness (QED) is 0.589. The maximum Gasteiger partial charge on any atom is 0.261 e. The molecule has 0 aliphatic heterocycles. The molecule has 1 heterocycles. The van der Waals surface area contributed by atoms with Crippen molar-refractivity contribution in [1.29, 1.82) is 0 Å². The lowest BCUT2D eigenvalue weighted by Crippen LogP contribution is -2.23. The predicted molar refractivity (Wildman–Crippen MR) is 117 cm³/mol. The third-order valence-electron chi connectivity index (χ3n) is 4.42. The maximum absolute atomic E-state index is 12.5. The summed E-state index contributed by atoms with van der Waals surface area (Å²) in [6.45, 7) is 0.277. The number of rotatable bonds is 7. The van der Waals surface area contributed by atoms with Crippen LogP contribution in [0, 0.1) is 0 Å². The molecule has 3 rings (SSSR count). The zero-order chi connectivity index (χ0) is 22.4. The second kappa shape index (κ2) is 9.40. The zero-order valence-corrected chi connectivity index (χ0v) is 17.9. The summed E-state index contributed by atoms with van der Waals surface area (Å²) in [6.07, 6.45) is 2.97. The minimum atomic E-state index is -3.77. The van der Waals surface area contributed by atoms with Crippen molar-refractivity contribution in [2.45, 2.75) is 11.4 Å². The number of amides is 2. The number of benzene rings is 2. The monoisotopic (exact) mass is 438 g/mol. The van der Waals surface area contributed by atoms with E-state index in [0.717, 1.165) is 5.56 Å². The first kappa shape index (κ1) is 22.0. The van der Waals surface area contributed by atoms with Gasteiger partial charge in [0, 0.05) is 44.2 Å². The molecule has 0 saturated carbocycles. The summed E-state index contributed by atoms with van der Waals surface area (Å²) in [5.41, 5.74) is 2.14. The molecule has 31 heavy (non-hydrogen) atoms.